The highest BCUT2D eigenvalue weighted by Crippen LogP contribution is 2.36. The van der Waals surface area contributed by atoms with Crippen molar-refractivity contribution in [3.8, 4) is 11.5 Å². The second-order valence-electron chi connectivity index (χ2n) is 7.50. The van der Waals surface area contributed by atoms with Crippen LogP contribution in [0.4, 0.5) is 5.69 Å². The van der Waals surface area contributed by atoms with Crippen molar-refractivity contribution in [1.29, 1.82) is 0 Å². The smallest absolute Gasteiger partial charge is 0.257 e. The molecule has 2 N–H and O–H groups in total. The molecule has 1 aliphatic heterocycles. The minimum atomic E-state index is -0.0728. The van der Waals surface area contributed by atoms with Gasteiger partial charge in [0, 0.05) is 11.3 Å². The highest BCUT2D eigenvalue weighted by molar-refractivity contribution is 5.95. The molecule has 0 bridgehead atoms. The Morgan fingerprint density at radius 2 is 1.92 bits per heavy atom. The second-order valence-corrected chi connectivity index (χ2v) is 7.50. The van der Waals surface area contributed by atoms with E-state index in [0.717, 1.165) is 24.2 Å². The molecule has 6 heteroatoms. The van der Waals surface area contributed by atoms with E-state index in [-0.39, 0.29) is 11.9 Å². The first-order valence-electron chi connectivity index (χ1n) is 9.66. The van der Waals surface area contributed by atoms with E-state index in [0.29, 0.717) is 23.6 Å². The van der Waals surface area contributed by atoms with Gasteiger partial charge in [0.25, 0.3) is 5.89 Å². The molecule has 1 aromatic heterocycles. The first-order valence-corrected chi connectivity index (χ1v) is 9.66. The van der Waals surface area contributed by atoms with E-state index < -0.39 is 0 Å². The molecule has 1 aliphatic carbocycles. The Morgan fingerprint density at radius 1 is 1.15 bits per heavy atom. The van der Waals surface area contributed by atoms with Crippen LogP contribution < -0.4 is 10.6 Å². The van der Waals surface area contributed by atoms with Crippen molar-refractivity contribution in [1.82, 2.24) is 15.5 Å². The first-order chi connectivity index (χ1) is 12.7. The molecular weight excluding hydrogens is 328 g/mol. The zero-order valence-corrected chi connectivity index (χ0v) is 15.2. The normalized spacial score (nSPS) is 23.9. The molecule has 2 aliphatic rings. The van der Waals surface area contributed by atoms with Crippen LogP contribution in [0.5, 0.6) is 0 Å². The Morgan fingerprint density at radius 3 is 2.62 bits per heavy atom. The Hall–Kier alpha value is -2.21. The number of hydrogen-bond acceptors (Lipinski definition) is 5. The summed E-state index contributed by atoms with van der Waals surface area (Å²) in [5.41, 5.74) is 1.65. The summed E-state index contributed by atoms with van der Waals surface area (Å²) in [5, 5.41) is 10.3. The van der Waals surface area contributed by atoms with Crippen molar-refractivity contribution in [3.63, 3.8) is 0 Å². The third kappa shape index (κ3) is 3.65. The third-order valence-corrected chi connectivity index (χ3v) is 5.73. The number of hydrogen-bond donors (Lipinski definition) is 2. The lowest BCUT2D eigenvalue weighted by Crippen LogP contribution is -2.42. The van der Waals surface area contributed by atoms with Crippen LogP contribution in [-0.4, -0.2) is 28.6 Å². The molecule has 2 atom stereocenters. The average Bonchev–Trinajstić information content (AvgIpc) is 3.32. The lowest BCUT2D eigenvalue weighted by Gasteiger charge is -2.30. The summed E-state index contributed by atoms with van der Waals surface area (Å²) < 4.78 is 5.18. The maximum atomic E-state index is 12.8. The molecule has 6 nitrogen and oxygen atoms in total. The topological polar surface area (TPSA) is 80.0 Å². The summed E-state index contributed by atoms with van der Waals surface area (Å²) in [7, 11) is 0. The quantitative estimate of drug-likeness (QED) is 0.878. The summed E-state index contributed by atoms with van der Waals surface area (Å²) in [6.07, 6.45) is 7.62. The van der Waals surface area contributed by atoms with Crippen molar-refractivity contribution in [2.45, 2.75) is 51.5 Å². The monoisotopic (exact) mass is 354 g/mol. The molecule has 4 rings (SSSR count). The van der Waals surface area contributed by atoms with Crippen molar-refractivity contribution in [3.05, 3.63) is 30.1 Å². The van der Waals surface area contributed by atoms with Gasteiger partial charge in [-0.25, -0.2) is 0 Å². The fraction of sp³-hybridized carbons (Fsp3) is 0.550. The molecule has 2 fully saturated rings. The standard InChI is InChI=1S/C20H26N4O2/c1-13-22-20(26-24-13)15-7-9-16(10-8-15)23-19(25)18-17(11-12-21-18)14-5-3-2-4-6-14/h7-10,14,17-18,21H,2-6,11-12H2,1H3,(H,23,25)/t17?,18-/m0/s1. The molecule has 1 saturated carbocycles. The van der Waals surface area contributed by atoms with Crippen LogP contribution in [-0.2, 0) is 4.79 Å². The highest BCUT2D eigenvalue weighted by Gasteiger charge is 2.38. The maximum absolute atomic E-state index is 12.8. The first kappa shape index (κ1) is 17.2. The van der Waals surface area contributed by atoms with E-state index in [1.54, 1.807) is 6.92 Å². The van der Waals surface area contributed by atoms with E-state index in [1.807, 2.05) is 24.3 Å². The number of nitrogens with one attached hydrogen (secondary N) is 2. The number of amides is 1. The number of benzene rings is 1. The van der Waals surface area contributed by atoms with E-state index in [2.05, 4.69) is 20.8 Å². The molecular formula is C20H26N4O2. The molecule has 138 valence electrons. The predicted molar refractivity (Wildman–Crippen MR) is 99.6 cm³/mol. The molecule has 1 amide bonds. The van der Waals surface area contributed by atoms with Crippen molar-refractivity contribution >= 4 is 11.6 Å². The van der Waals surface area contributed by atoms with Gasteiger partial charge in [-0.15, -0.1) is 0 Å². The molecule has 1 aromatic carbocycles. The van der Waals surface area contributed by atoms with Gasteiger partial charge in [-0.05, 0) is 56.0 Å². The number of anilines is 1. The fourth-order valence-electron chi connectivity index (χ4n) is 4.41. The van der Waals surface area contributed by atoms with Crippen LogP contribution in [0, 0.1) is 18.8 Å². The van der Waals surface area contributed by atoms with Gasteiger partial charge in [0.1, 0.15) is 0 Å². The average molecular weight is 354 g/mol. The van der Waals surface area contributed by atoms with E-state index in [9.17, 15) is 4.79 Å². The van der Waals surface area contributed by atoms with Gasteiger partial charge >= 0.3 is 0 Å². The van der Waals surface area contributed by atoms with Crippen LogP contribution in [0.2, 0.25) is 0 Å². The van der Waals surface area contributed by atoms with Gasteiger partial charge in [-0.2, -0.15) is 4.98 Å². The number of carbonyl (C=O) groups excluding carboxylic acids is 1. The summed E-state index contributed by atoms with van der Waals surface area (Å²) in [6.45, 7) is 2.73. The number of nitrogens with zero attached hydrogens (tertiary/aromatic N) is 2. The van der Waals surface area contributed by atoms with Gasteiger partial charge in [-0.3, -0.25) is 4.79 Å². The fourth-order valence-corrected chi connectivity index (χ4v) is 4.41. The zero-order chi connectivity index (χ0) is 17.9. The molecule has 0 radical (unpaired) electrons. The molecule has 2 heterocycles. The number of aryl methyl sites for hydroxylation is 1. The Bertz CT molecular complexity index is 749. The number of carbonyl (C=O) groups is 1. The van der Waals surface area contributed by atoms with Crippen molar-refractivity contribution in [2.24, 2.45) is 11.8 Å². The Balaban J connectivity index is 1.40. The summed E-state index contributed by atoms with van der Waals surface area (Å²) >= 11 is 0. The lowest BCUT2D eigenvalue weighted by molar-refractivity contribution is -0.119. The SMILES string of the molecule is Cc1noc(-c2ccc(NC(=O)[C@H]3NCCC3C3CCCCC3)cc2)n1. The molecule has 2 aromatic rings. The summed E-state index contributed by atoms with van der Waals surface area (Å²) in [4.78, 5) is 17.0. The molecule has 1 unspecified atom stereocenters. The maximum Gasteiger partial charge on any atom is 0.257 e. The van der Waals surface area contributed by atoms with Gasteiger partial charge in [0.05, 0.1) is 6.04 Å². The van der Waals surface area contributed by atoms with Gasteiger partial charge in [0.2, 0.25) is 5.91 Å². The Labute approximate surface area is 153 Å². The molecule has 26 heavy (non-hydrogen) atoms. The largest absolute Gasteiger partial charge is 0.334 e. The Kier molecular flexibility index (Phi) is 5.02. The minimum Gasteiger partial charge on any atom is -0.334 e. The molecule has 0 spiro atoms. The van der Waals surface area contributed by atoms with E-state index >= 15 is 0 Å². The summed E-state index contributed by atoms with van der Waals surface area (Å²) in [5.74, 6) is 2.35. The number of rotatable bonds is 4. The number of aromatic nitrogens is 2. The van der Waals surface area contributed by atoms with Crippen LogP contribution in [0.3, 0.4) is 0 Å². The highest BCUT2D eigenvalue weighted by atomic mass is 16.5. The van der Waals surface area contributed by atoms with E-state index in [4.69, 9.17) is 4.52 Å². The van der Waals surface area contributed by atoms with Gasteiger partial charge in [0.15, 0.2) is 5.82 Å². The van der Waals surface area contributed by atoms with Crippen LogP contribution in [0.1, 0.15) is 44.3 Å². The zero-order valence-electron chi connectivity index (χ0n) is 15.2. The van der Waals surface area contributed by atoms with Crippen LogP contribution in [0.25, 0.3) is 11.5 Å². The van der Waals surface area contributed by atoms with Gasteiger partial charge in [-0.1, -0.05) is 37.3 Å². The minimum absolute atomic E-state index is 0.0728. The molecule has 1 saturated heterocycles. The van der Waals surface area contributed by atoms with Crippen LogP contribution in [0.15, 0.2) is 28.8 Å². The van der Waals surface area contributed by atoms with Crippen LogP contribution >= 0.6 is 0 Å². The van der Waals surface area contributed by atoms with Gasteiger partial charge < -0.3 is 15.2 Å². The van der Waals surface area contributed by atoms with E-state index in [1.165, 1.54) is 32.1 Å². The lowest BCUT2D eigenvalue weighted by atomic mass is 9.76. The van der Waals surface area contributed by atoms with Crippen molar-refractivity contribution in [2.75, 3.05) is 11.9 Å². The van der Waals surface area contributed by atoms with Crippen molar-refractivity contribution < 1.29 is 9.32 Å². The summed E-state index contributed by atoms with van der Waals surface area (Å²) in [6, 6.07) is 7.48. The second kappa shape index (κ2) is 7.58. The third-order valence-electron chi connectivity index (χ3n) is 5.73. The predicted octanol–water partition coefficient (Wildman–Crippen LogP) is 3.54.